The molecule has 4 rings (SSSR count). The second-order valence-electron chi connectivity index (χ2n) is 7.24. The van der Waals surface area contributed by atoms with Crippen LogP contribution in [0, 0.1) is 5.41 Å². The number of hydrogen-bond donors (Lipinski definition) is 1. The van der Waals surface area contributed by atoms with Gasteiger partial charge in [0.2, 0.25) is 0 Å². The summed E-state index contributed by atoms with van der Waals surface area (Å²) in [5.41, 5.74) is 3.95. The predicted octanol–water partition coefficient (Wildman–Crippen LogP) is 3.88. The van der Waals surface area contributed by atoms with Crippen molar-refractivity contribution in [1.82, 2.24) is 15.0 Å². The standard InChI is InChI=1S/C19H20N4O/c1-19(2,3)17(24)13-10-20-18-16(13)22-15(11-21-18)23-9-8-12-6-4-5-7-14(12)23/h4-7,10-11H,8-9H2,1-3H3,(H,20,21). The van der Waals surface area contributed by atoms with E-state index in [0.717, 1.165) is 18.8 Å². The second-order valence-corrected chi connectivity index (χ2v) is 7.24. The summed E-state index contributed by atoms with van der Waals surface area (Å²) < 4.78 is 0. The molecule has 0 saturated carbocycles. The Balaban J connectivity index is 1.81. The summed E-state index contributed by atoms with van der Waals surface area (Å²) in [6, 6.07) is 8.34. The van der Waals surface area contributed by atoms with Crippen molar-refractivity contribution in [2.24, 2.45) is 5.41 Å². The number of anilines is 2. The van der Waals surface area contributed by atoms with Crippen LogP contribution in [0.1, 0.15) is 36.7 Å². The zero-order valence-corrected chi connectivity index (χ0v) is 14.1. The van der Waals surface area contributed by atoms with Gasteiger partial charge in [0.05, 0.1) is 11.8 Å². The van der Waals surface area contributed by atoms with E-state index in [1.54, 1.807) is 12.4 Å². The highest BCUT2D eigenvalue weighted by Crippen LogP contribution is 2.34. The number of nitrogens with zero attached hydrogens (tertiary/aromatic N) is 3. The molecule has 0 atom stereocenters. The molecule has 3 heterocycles. The van der Waals surface area contributed by atoms with E-state index in [2.05, 4.69) is 33.1 Å². The van der Waals surface area contributed by atoms with Crippen molar-refractivity contribution in [3.63, 3.8) is 0 Å². The largest absolute Gasteiger partial charge is 0.344 e. The van der Waals surface area contributed by atoms with Crippen molar-refractivity contribution in [3.05, 3.63) is 47.8 Å². The molecule has 122 valence electrons. The van der Waals surface area contributed by atoms with Crippen LogP contribution < -0.4 is 4.90 Å². The van der Waals surface area contributed by atoms with Crippen molar-refractivity contribution in [2.45, 2.75) is 27.2 Å². The molecule has 0 bridgehead atoms. The molecule has 0 spiro atoms. The summed E-state index contributed by atoms with van der Waals surface area (Å²) >= 11 is 0. The lowest BCUT2D eigenvalue weighted by molar-refractivity contribution is 0.0860. The van der Waals surface area contributed by atoms with Crippen molar-refractivity contribution < 1.29 is 4.79 Å². The minimum Gasteiger partial charge on any atom is -0.344 e. The van der Waals surface area contributed by atoms with E-state index in [1.807, 2.05) is 26.8 Å². The van der Waals surface area contributed by atoms with Crippen LogP contribution in [0.5, 0.6) is 0 Å². The van der Waals surface area contributed by atoms with E-state index in [0.29, 0.717) is 16.7 Å². The summed E-state index contributed by atoms with van der Waals surface area (Å²) in [6.07, 6.45) is 4.49. The highest BCUT2D eigenvalue weighted by atomic mass is 16.1. The van der Waals surface area contributed by atoms with Crippen molar-refractivity contribution in [2.75, 3.05) is 11.4 Å². The third-order valence-corrected chi connectivity index (χ3v) is 4.46. The first-order valence-electron chi connectivity index (χ1n) is 8.19. The molecule has 1 N–H and O–H groups in total. The molecule has 1 aliphatic heterocycles. The van der Waals surface area contributed by atoms with Gasteiger partial charge >= 0.3 is 0 Å². The number of hydrogen-bond acceptors (Lipinski definition) is 4. The number of fused-ring (bicyclic) bond motifs is 2. The van der Waals surface area contributed by atoms with Gasteiger partial charge in [-0.05, 0) is 18.1 Å². The van der Waals surface area contributed by atoms with Crippen LogP contribution in [-0.4, -0.2) is 27.3 Å². The molecule has 0 radical (unpaired) electrons. The van der Waals surface area contributed by atoms with Gasteiger partial charge in [-0.1, -0.05) is 39.0 Å². The summed E-state index contributed by atoms with van der Waals surface area (Å²) in [4.78, 5) is 27.1. The molecule has 1 aromatic carbocycles. The number of carbonyl (C=O) groups excluding carboxylic acids is 1. The van der Waals surface area contributed by atoms with E-state index in [9.17, 15) is 4.79 Å². The van der Waals surface area contributed by atoms with Crippen LogP contribution in [0.3, 0.4) is 0 Å². The van der Waals surface area contributed by atoms with Crippen molar-refractivity contribution in [3.8, 4) is 0 Å². The highest BCUT2D eigenvalue weighted by Gasteiger charge is 2.27. The Morgan fingerprint density at radius 1 is 1.25 bits per heavy atom. The number of H-pyrrole nitrogens is 1. The SMILES string of the molecule is CC(C)(C)C(=O)c1c[nH]c2ncc(N3CCc4ccccc43)nc12. The molecule has 0 unspecified atom stereocenters. The number of carbonyl (C=O) groups is 1. The van der Waals surface area contributed by atoms with Crippen molar-refractivity contribution in [1.29, 1.82) is 0 Å². The molecule has 0 aliphatic carbocycles. The number of Topliss-reactive ketones (excluding diaryl/α,β-unsaturated/α-hetero) is 1. The molecule has 24 heavy (non-hydrogen) atoms. The lowest BCUT2D eigenvalue weighted by Crippen LogP contribution is -2.20. The van der Waals surface area contributed by atoms with Crippen LogP contribution in [0.4, 0.5) is 11.5 Å². The Morgan fingerprint density at radius 2 is 2.04 bits per heavy atom. The first-order chi connectivity index (χ1) is 11.4. The lowest BCUT2D eigenvalue weighted by Gasteiger charge is -2.18. The fourth-order valence-electron chi connectivity index (χ4n) is 3.17. The van der Waals surface area contributed by atoms with Crippen molar-refractivity contribution >= 4 is 28.5 Å². The molecule has 5 heteroatoms. The van der Waals surface area contributed by atoms with Gasteiger partial charge in [-0.2, -0.15) is 0 Å². The van der Waals surface area contributed by atoms with Gasteiger partial charge in [-0.3, -0.25) is 4.79 Å². The number of para-hydroxylation sites is 1. The van der Waals surface area contributed by atoms with E-state index in [1.165, 1.54) is 11.3 Å². The monoisotopic (exact) mass is 320 g/mol. The highest BCUT2D eigenvalue weighted by molar-refractivity contribution is 6.08. The number of ketones is 1. The van der Waals surface area contributed by atoms with Crippen LogP contribution in [-0.2, 0) is 6.42 Å². The average molecular weight is 320 g/mol. The van der Waals surface area contributed by atoms with Crippen LogP contribution in [0.15, 0.2) is 36.7 Å². The maximum absolute atomic E-state index is 12.7. The minimum atomic E-state index is -0.451. The Kier molecular flexibility index (Phi) is 3.20. The molecule has 2 aromatic heterocycles. The smallest absolute Gasteiger partial charge is 0.171 e. The van der Waals surface area contributed by atoms with Gasteiger partial charge in [-0.25, -0.2) is 9.97 Å². The van der Waals surface area contributed by atoms with Gasteiger partial charge in [0.15, 0.2) is 17.2 Å². The van der Waals surface area contributed by atoms with E-state index in [4.69, 9.17) is 4.98 Å². The third-order valence-electron chi connectivity index (χ3n) is 4.46. The fraction of sp³-hybridized carbons (Fsp3) is 0.316. The van der Waals surface area contributed by atoms with Gasteiger partial charge in [0.1, 0.15) is 5.52 Å². The first-order valence-corrected chi connectivity index (χ1v) is 8.19. The Hall–Kier alpha value is -2.69. The first kappa shape index (κ1) is 14.9. The lowest BCUT2D eigenvalue weighted by atomic mass is 9.87. The zero-order valence-electron chi connectivity index (χ0n) is 14.1. The fourth-order valence-corrected chi connectivity index (χ4v) is 3.17. The van der Waals surface area contributed by atoms with Crippen LogP contribution in [0.25, 0.3) is 11.2 Å². The number of aromatic nitrogens is 3. The van der Waals surface area contributed by atoms with Gasteiger partial charge in [0.25, 0.3) is 0 Å². The Labute approximate surface area is 140 Å². The summed E-state index contributed by atoms with van der Waals surface area (Å²) in [6.45, 7) is 6.64. The number of benzene rings is 1. The minimum absolute atomic E-state index is 0.0713. The Morgan fingerprint density at radius 3 is 2.83 bits per heavy atom. The number of aromatic amines is 1. The van der Waals surface area contributed by atoms with E-state index < -0.39 is 5.41 Å². The zero-order chi connectivity index (χ0) is 16.9. The van der Waals surface area contributed by atoms with Gasteiger partial charge in [0, 0.05) is 23.8 Å². The topological polar surface area (TPSA) is 61.9 Å². The van der Waals surface area contributed by atoms with E-state index >= 15 is 0 Å². The predicted molar refractivity (Wildman–Crippen MR) is 94.8 cm³/mol. The van der Waals surface area contributed by atoms with Crippen LogP contribution in [0.2, 0.25) is 0 Å². The van der Waals surface area contributed by atoms with Crippen LogP contribution >= 0.6 is 0 Å². The molecular weight excluding hydrogens is 300 g/mol. The third kappa shape index (κ3) is 2.28. The molecule has 5 nitrogen and oxygen atoms in total. The molecule has 3 aromatic rings. The maximum atomic E-state index is 12.7. The molecule has 0 saturated heterocycles. The maximum Gasteiger partial charge on any atom is 0.171 e. The summed E-state index contributed by atoms with van der Waals surface area (Å²) in [5.74, 6) is 0.858. The average Bonchev–Trinajstić information content (AvgIpc) is 3.16. The molecule has 1 aliphatic rings. The normalized spacial score (nSPS) is 14.2. The summed E-state index contributed by atoms with van der Waals surface area (Å²) in [7, 11) is 0. The number of rotatable bonds is 2. The second kappa shape index (κ2) is 5.16. The summed E-state index contributed by atoms with van der Waals surface area (Å²) in [5, 5.41) is 0. The molecule has 0 fully saturated rings. The van der Waals surface area contributed by atoms with Gasteiger partial charge < -0.3 is 9.88 Å². The molecule has 0 amide bonds. The molecular formula is C19H20N4O. The number of nitrogens with one attached hydrogen (secondary N) is 1. The Bertz CT molecular complexity index is 936. The van der Waals surface area contributed by atoms with E-state index in [-0.39, 0.29) is 5.78 Å². The van der Waals surface area contributed by atoms with Gasteiger partial charge in [-0.15, -0.1) is 0 Å². The quantitative estimate of drug-likeness (QED) is 0.728.